The number of benzene rings is 1. The monoisotopic (exact) mass is 269 g/mol. The number of anilines is 2. The van der Waals surface area contributed by atoms with E-state index in [1.807, 2.05) is 25.1 Å². The second-order valence-electron chi connectivity index (χ2n) is 5.09. The number of hydrogen-bond acceptors (Lipinski definition) is 3. The van der Waals surface area contributed by atoms with Gasteiger partial charge < -0.3 is 11.1 Å². The first-order valence-electron chi connectivity index (χ1n) is 6.62. The fourth-order valence-corrected chi connectivity index (χ4v) is 2.12. The van der Waals surface area contributed by atoms with Crippen LogP contribution in [0, 0.1) is 6.92 Å². The molecule has 0 aliphatic rings. The molecule has 1 aromatic carbocycles. The summed E-state index contributed by atoms with van der Waals surface area (Å²) in [5, 5.41) is 2.94. The Balaban J connectivity index is 2.36. The maximum atomic E-state index is 12.3. The van der Waals surface area contributed by atoms with Crippen molar-refractivity contribution < 1.29 is 4.79 Å². The van der Waals surface area contributed by atoms with Crippen LogP contribution in [-0.2, 0) is 0 Å². The SMILES string of the molecule is Cc1cccc(C(C)C)c1NC(=O)c1ncccc1N. The first-order chi connectivity index (χ1) is 9.50. The lowest BCUT2D eigenvalue weighted by Crippen LogP contribution is -2.17. The summed E-state index contributed by atoms with van der Waals surface area (Å²) in [6.45, 7) is 6.17. The predicted molar refractivity (Wildman–Crippen MR) is 81.9 cm³/mol. The molecule has 104 valence electrons. The number of rotatable bonds is 3. The molecule has 0 bridgehead atoms. The molecule has 0 aliphatic heterocycles. The highest BCUT2D eigenvalue weighted by atomic mass is 16.1. The van der Waals surface area contributed by atoms with Crippen molar-refractivity contribution in [2.45, 2.75) is 26.7 Å². The number of nitrogens with two attached hydrogens (primary N) is 1. The zero-order chi connectivity index (χ0) is 14.7. The van der Waals surface area contributed by atoms with Crippen LogP contribution >= 0.6 is 0 Å². The topological polar surface area (TPSA) is 68.0 Å². The third kappa shape index (κ3) is 2.79. The molecule has 0 atom stereocenters. The standard InChI is InChI=1S/C16H19N3O/c1-10(2)12-7-4-6-11(3)14(12)19-16(20)15-13(17)8-5-9-18-15/h4-10H,17H2,1-3H3,(H,19,20). The molecule has 0 radical (unpaired) electrons. The maximum Gasteiger partial charge on any atom is 0.276 e. The predicted octanol–water partition coefficient (Wildman–Crippen LogP) is 3.35. The molecule has 0 unspecified atom stereocenters. The highest BCUT2D eigenvalue weighted by molar-refractivity contribution is 6.06. The van der Waals surface area contributed by atoms with E-state index in [0.717, 1.165) is 16.8 Å². The third-order valence-corrected chi connectivity index (χ3v) is 3.22. The molecule has 1 amide bonds. The summed E-state index contributed by atoms with van der Waals surface area (Å²) in [6.07, 6.45) is 1.56. The van der Waals surface area contributed by atoms with Gasteiger partial charge in [-0.2, -0.15) is 0 Å². The van der Waals surface area contributed by atoms with E-state index in [1.165, 1.54) is 0 Å². The zero-order valence-corrected chi connectivity index (χ0v) is 12.0. The van der Waals surface area contributed by atoms with Crippen LogP contribution < -0.4 is 11.1 Å². The fourth-order valence-electron chi connectivity index (χ4n) is 2.12. The van der Waals surface area contributed by atoms with Crippen LogP contribution in [0.2, 0.25) is 0 Å². The fraction of sp³-hybridized carbons (Fsp3) is 0.250. The van der Waals surface area contributed by atoms with Crippen LogP contribution in [0.5, 0.6) is 0 Å². The summed E-state index contributed by atoms with van der Waals surface area (Å²) in [7, 11) is 0. The summed E-state index contributed by atoms with van der Waals surface area (Å²) in [4.78, 5) is 16.3. The van der Waals surface area contributed by atoms with Gasteiger partial charge in [0.25, 0.3) is 5.91 Å². The van der Waals surface area contributed by atoms with Gasteiger partial charge in [0.1, 0.15) is 0 Å². The number of carbonyl (C=O) groups excluding carboxylic acids is 1. The van der Waals surface area contributed by atoms with Crippen molar-refractivity contribution in [2.75, 3.05) is 11.1 Å². The average molecular weight is 269 g/mol. The molecule has 3 N–H and O–H groups in total. The van der Waals surface area contributed by atoms with E-state index in [-0.39, 0.29) is 11.6 Å². The summed E-state index contributed by atoms with van der Waals surface area (Å²) < 4.78 is 0. The van der Waals surface area contributed by atoms with Crippen molar-refractivity contribution in [2.24, 2.45) is 0 Å². The lowest BCUT2D eigenvalue weighted by Gasteiger charge is -2.16. The van der Waals surface area contributed by atoms with Gasteiger partial charge in [-0.3, -0.25) is 4.79 Å². The second-order valence-corrected chi connectivity index (χ2v) is 5.09. The van der Waals surface area contributed by atoms with Crippen LogP contribution in [-0.4, -0.2) is 10.9 Å². The van der Waals surface area contributed by atoms with Crippen molar-refractivity contribution in [3.8, 4) is 0 Å². The van der Waals surface area contributed by atoms with E-state index in [9.17, 15) is 4.79 Å². The van der Waals surface area contributed by atoms with Crippen LogP contribution in [0.25, 0.3) is 0 Å². The average Bonchev–Trinajstić information content (AvgIpc) is 2.41. The minimum atomic E-state index is -0.278. The Labute approximate surface area is 119 Å². The summed E-state index contributed by atoms with van der Waals surface area (Å²) >= 11 is 0. The van der Waals surface area contributed by atoms with E-state index in [0.29, 0.717) is 11.6 Å². The van der Waals surface area contributed by atoms with Gasteiger partial charge in [-0.25, -0.2) is 4.98 Å². The number of nitrogens with zero attached hydrogens (tertiary/aromatic N) is 1. The maximum absolute atomic E-state index is 12.3. The van der Waals surface area contributed by atoms with Gasteiger partial charge in [0.05, 0.1) is 5.69 Å². The van der Waals surface area contributed by atoms with Gasteiger partial charge in [-0.05, 0) is 36.1 Å². The molecule has 0 aliphatic carbocycles. The van der Waals surface area contributed by atoms with Gasteiger partial charge in [-0.1, -0.05) is 32.0 Å². The number of carbonyl (C=O) groups is 1. The molecule has 2 aromatic rings. The van der Waals surface area contributed by atoms with E-state index < -0.39 is 0 Å². The van der Waals surface area contributed by atoms with Crippen LogP contribution in [0.3, 0.4) is 0 Å². The molecular formula is C16H19N3O. The van der Waals surface area contributed by atoms with Crippen LogP contribution in [0.4, 0.5) is 11.4 Å². The summed E-state index contributed by atoms with van der Waals surface area (Å²) in [5.74, 6) is 0.0468. The minimum absolute atomic E-state index is 0.255. The van der Waals surface area contributed by atoms with Crippen molar-refractivity contribution in [1.82, 2.24) is 4.98 Å². The Morgan fingerprint density at radius 3 is 2.65 bits per heavy atom. The van der Waals surface area contributed by atoms with Gasteiger partial charge in [0, 0.05) is 11.9 Å². The molecule has 0 spiro atoms. The van der Waals surface area contributed by atoms with E-state index in [1.54, 1.807) is 18.3 Å². The van der Waals surface area contributed by atoms with Crippen molar-refractivity contribution in [3.05, 3.63) is 53.3 Å². The van der Waals surface area contributed by atoms with Gasteiger partial charge >= 0.3 is 0 Å². The first kappa shape index (κ1) is 14.1. The highest BCUT2D eigenvalue weighted by Gasteiger charge is 2.15. The number of hydrogen-bond donors (Lipinski definition) is 2. The van der Waals surface area contributed by atoms with Crippen LogP contribution in [0.1, 0.15) is 41.4 Å². The Hall–Kier alpha value is -2.36. The number of nitrogen functional groups attached to an aromatic ring is 1. The van der Waals surface area contributed by atoms with Crippen molar-refractivity contribution in [3.63, 3.8) is 0 Å². The van der Waals surface area contributed by atoms with Crippen molar-refractivity contribution >= 4 is 17.3 Å². The Kier molecular flexibility index (Phi) is 4.03. The summed E-state index contributed by atoms with van der Waals surface area (Å²) in [6, 6.07) is 9.37. The molecule has 4 heteroatoms. The molecule has 0 fully saturated rings. The molecule has 1 heterocycles. The molecule has 20 heavy (non-hydrogen) atoms. The molecule has 0 saturated carbocycles. The normalized spacial score (nSPS) is 10.6. The smallest absolute Gasteiger partial charge is 0.276 e. The van der Waals surface area contributed by atoms with E-state index in [4.69, 9.17) is 5.73 Å². The largest absolute Gasteiger partial charge is 0.397 e. The lowest BCUT2D eigenvalue weighted by atomic mass is 9.98. The van der Waals surface area contributed by atoms with Gasteiger partial charge in [-0.15, -0.1) is 0 Å². The number of aryl methyl sites for hydroxylation is 1. The molecule has 0 saturated heterocycles. The number of pyridine rings is 1. The minimum Gasteiger partial charge on any atom is -0.397 e. The van der Waals surface area contributed by atoms with Gasteiger partial charge in [0.2, 0.25) is 0 Å². The van der Waals surface area contributed by atoms with E-state index >= 15 is 0 Å². The number of aromatic nitrogens is 1. The number of para-hydroxylation sites is 1. The van der Waals surface area contributed by atoms with Gasteiger partial charge in [0.15, 0.2) is 5.69 Å². The lowest BCUT2D eigenvalue weighted by molar-refractivity contribution is 0.102. The highest BCUT2D eigenvalue weighted by Crippen LogP contribution is 2.28. The Morgan fingerprint density at radius 2 is 2.00 bits per heavy atom. The molecular weight excluding hydrogens is 250 g/mol. The second kappa shape index (κ2) is 5.74. The third-order valence-electron chi connectivity index (χ3n) is 3.22. The summed E-state index contributed by atoms with van der Waals surface area (Å²) in [5.41, 5.74) is 9.40. The quantitative estimate of drug-likeness (QED) is 0.897. The Morgan fingerprint density at radius 1 is 1.25 bits per heavy atom. The number of amides is 1. The van der Waals surface area contributed by atoms with E-state index in [2.05, 4.69) is 24.1 Å². The first-order valence-corrected chi connectivity index (χ1v) is 6.62. The van der Waals surface area contributed by atoms with Crippen LogP contribution in [0.15, 0.2) is 36.5 Å². The Bertz CT molecular complexity index is 635. The zero-order valence-electron chi connectivity index (χ0n) is 12.0. The van der Waals surface area contributed by atoms with Crippen molar-refractivity contribution in [1.29, 1.82) is 0 Å². The molecule has 4 nitrogen and oxygen atoms in total. The molecule has 2 rings (SSSR count). The molecule has 1 aromatic heterocycles. The number of nitrogens with one attached hydrogen (secondary N) is 1.